The van der Waals surface area contributed by atoms with Crippen LogP contribution in [0.4, 0.5) is 20.6 Å². The Hall–Kier alpha value is -2.68. The molecule has 9 heteroatoms. The lowest BCUT2D eigenvalue weighted by Crippen LogP contribution is -2.66. The van der Waals surface area contributed by atoms with Gasteiger partial charge in [-0.25, -0.2) is 9.18 Å². The Bertz CT molecular complexity index is 831. The fourth-order valence-electron chi connectivity index (χ4n) is 3.77. The molecule has 1 aromatic heterocycles. The van der Waals surface area contributed by atoms with Crippen LogP contribution in [-0.2, 0) is 16.0 Å². The summed E-state index contributed by atoms with van der Waals surface area (Å²) in [5, 5.41) is 8.02. The summed E-state index contributed by atoms with van der Waals surface area (Å²) < 4.78 is 25.2. The summed E-state index contributed by atoms with van der Waals surface area (Å²) in [5.74, 6) is -0.331. The van der Waals surface area contributed by atoms with E-state index < -0.39 is 6.09 Å². The van der Waals surface area contributed by atoms with Crippen molar-refractivity contribution < 1.29 is 18.7 Å². The van der Waals surface area contributed by atoms with Crippen molar-refractivity contribution in [3.8, 4) is 0 Å². The first-order valence-electron chi connectivity index (χ1n) is 8.56. The number of ether oxygens (including phenoxy) is 2. The number of hydrogen-bond acceptors (Lipinski definition) is 6. The van der Waals surface area contributed by atoms with Crippen LogP contribution in [0, 0.1) is 11.2 Å². The van der Waals surface area contributed by atoms with E-state index in [1.165, 1.54) is 15.8 Å². The number of carbonyl (C=O) groups is 1. The summed E-state index contributed by atoms with van der Waals surface area (Å²) >= 11 is 0. The molecule has 0 bridgehead atoms. The van der Waals surface area contributed by atoms with Crippen molar-refractivity contribution in [2.75, 3.05) is 42.6 Å². The van der Waals surface area contributed by atoms with Crippen LogP contribution in [0.3, 0.4) is 0 Å². The van der Waals surface area contributed by atoms with Crippen LogP contribution < -0.4 is 9.80 Å². The Morgan fingerprint density at radius 1 is 1.23 bits per heavy atom. The molecule has 136 valence electrons. The molecular weight excluding hydrogens is 341 g/mol. The van der Waals surface area contributed by atoms with E-state index in [0.29, 0.717) is 24.5 Å². The molecule has 1 atom stereocenters. The van der Waals surface area contributed by atoms with E-state index >= 15 is 0 Å². The zero-order valence-electron chi connectivity index (χ0n) is 14.0. The molecule has 0 saturated carbocycles. The number of cyclic esters (lactones) is 1. The predicted octanol–water partition coefficient (Wildman–Crippen LogP) is 1.28. The van der Waals surface area contributed by atoms with Gasteiger partial charge in [0, 0.05) is 13.1 Å². The van der Waals surface area contributed by atoms with E-state index in [1.807, 2.05) is 4.90 Å². The summed E-state index contributed by atoms with van der Waals surface area (Å²) in [5.41, 5.74) is 1.28. The lowest BCUT2D eigenvalue weighted by atomic mass is 9.78. The van der Waals surface area contributed by atoms with Gasteiger partial charge in [0.05, 0.1) is 55.5 Å². The normalized spacial score (nSPS) is 23.7. The molecule has 4 heterocycles. The number of halogens is 1. The highest BCUT2D eigenvalue weighted by Crippen LogP contribution is 2.41. The molecule has 1 spiro atoms. The molecule has 3 aliphatic rings. The molecule has 0 unspecified atom stereocenters. The molecule has 0 aliphatic carbocycles. The summed E-state index contributed by atoms with van der Waals surface area (Å²) in [6.45, 7) is 3.85. The van der Waals surface area contributed by atoms with Crippen molar-refractivity contribution in [1.82, 2.24) is 15.0 Å². The molecular formula is C17H18FN5O3. The van der Waals surface area contributed by atoms with Crippen molar-refractivity contribution in [1.29, 1.82) is 0 Å². The highest BCUT2D eigenvalue weighted by Gasteiger charge is 2.49. The van der Waals surface area contributed by atoms with E-state index in [0.717, 1.165) is 26.3 Å². The third-order valence-electron chi connectivity index (χ3n) is 5.16. The molecule has 3 fully saturated rings. The minimum atomic E-state index is -0.483. The topological polar surface area (TPSA) is 72.7 Å². The highest BCUT2D eigenvalue weighted by atomic mass is 19.1. The first kappa shape index (κ1) is 15.6. The number of hydrogen-bond donors (Lipinski definition) is 0. The Morgan fingerprint density at radius 3 is 2.65 bits per heavy atom. The number of anilines is 2. The SMILES string of the molecule is O=C1O[C@@H](Cn2nccn2)CN1c1ccc(N2CC3(COC3)C2)c(F)c1. The second kappa shape index (κ2) is 5.66. The second-order valence-electron chi connectivity index (χ2n) is 7.18. The van der Waals surface area contributed by atoms with Gasteiger partial charge < -0.3 is 14.4 Å². The van der Waals surface area contributed by atoms with Gasteiger partial charge in [-0.1, -0.05) is 0 Å². The molecule has 8 nitrogen and oxygen atoms in total. The van der Waals surface area contributed by atoms with Crippen LogP contribution in [0.2, 0.25) is 0 Å². The van der Waals surface area contributed by atoms with Crippen LogP contribution in [0.1, 0.15) is 0 Å². The molecule has 3 saturated heterocycles. The number of benzene rings is 1. The average molecular weight is 359 g/mol. The monoisotopic (exact) mass is 359 g/mol. The molecule has 1 amide bonds. The van der Waals surface area contributed by atoms with Gasteiger partial charge in [-0.05, 0) is 18.2 Å². The lowest BCUT2D eigenvalue weighted by molar-refractivity contribution is -0.127. The standard InChI is InChI=1S/C17H18FN5O3/c18-14-5-12(1-2-15(14)21-8-17(9-21)10-25-11-17)22-6-13(26-16(22)24)7-23-19-3-4-20-23/h1-5,13H,6-11H2/t13-/m1/s1. The van der Waals surface area contributed by atoms with E-state index in [2.05, 4.69) is 10.2 Å². The second-order valence-corrected chi connectivity index (χ2v) is 7.18. The third-order valence-corrected chi connectivity index (χ3v) is 5.16. The maximum absolute atomic E-state index is 14.6. The van der Waals surface area contributed by atoms with E-state index in [9.17, 15) is 9.18 Å². The summed E-state index contributed by atoms with van der Waals surface area (Å²) in [7, 11) is 0. The number of rotatable bonds is 4. The van der Waals surface area contributed by atoms with Gasteiger partial charge in [0.1, 0.15) is 11.9 Å². The average Bonchev–Trinajstić information content (AvgIpc) is 3.16. The summed E-state index contributed by atoms with van der Waals surface area (Å²) in [6.07, 6.45) is 2.28. The van der Waals surface area contributed by atoms with Gasteiger partial charge >= 0.3 is 6.09 Å². The van der Waals surface area contributed by atoms with Crippen molar-refractivity contribution in [2.45, 2.75) is 12.6 Å². The van der Waals surface area contributed by atoms with Crippen LogP contribution in [-0.4, -0.2) is 60.0 Å². The summed E-state index contributed by atoms with van der Waals surface area (Å²) in [6, 6.07) is 4.89. The minimum Gasteiger partial charge on any atom is -0.442 e. The van der Waals surface area contributed by atoms with Crippen molar-refractivity contribution in [3.05, 3.63) is 36.4 Å². The molecule has 26 heavy (non-hydrogen) atoms. The third kappa shape index (κ3) is 2.50. The number of amides is 1. The Labute approximate surface area is 149 Å². The van der Waals surface area contributed by atoms with Crippen molar-refractivity contribution >= 4 is 17.5 Å². The predicted molar refractivity (Wildman–Crippen MR) is 89.5 cm³/mol. The van der Waals surface area contributed by atoms with E-state index in [-0.39, 0.29) is 17.3 Å². The van der Waals surface area contributed by atoms with Gasteiger partial charge in [0.15, 0.2) is 0 Å². The fraction of sp³-hybridized carbons (Fsp3) is 0.471. The minimum absolute atomic E-state index is 0.220. The first-order valence-corrected chi connectivity index (χ1v) is 8.56. The number of nitrogens with zero attached hydrogens (tertiary/aromatic N) is 5. The van der Waals surface area contributed by atoms with Gasteiger partial charge in [-0.15, -0.1) is 0 Å². The van der Waals surface area contributed by atoms with Gasteiger partial charge in [0.2, 0.25) is 0 Å². The fourth-order valence-corrected chi connectivity index (χ4v) is 3.77. The Kier molecular flexibility index (Phi) is 3.39. The molecule has 0 N–H and O–H groups in total. The number of carbonyl (C=O) groups excluding carboxylic acids is 1. The zero-order valence-corrected chi connectivity index (χ0v) is 14.0. The van der Waals surface area contributed by atoms with E-state index in [4.69, 9.17) is 9.47 Å². The van der Waals surface area contributed by atoms with Gasteiger partial charge in [-0.3, -0.25) is 4.90 Å². The van der Waals surface area contributed by atoms with E-state index in [1.54, 1.807) is 24.5 Å². The lowest BCUT2D eigenvalue weighted by Gasteiger charge is -2.56. The zero-order chi connectivity index (χ0) is 17.7. The largest absolute Gasteiger partial charge is 0.442 e. The molecule has 5 rings (SSSR count). The number of aromatic nitrogens is 3. The molecule has 2 aromatic rings. The van der Waals surface area contributed by atoms with Crippen molar-refractivity contribution in [3.63, 3.8) is 0 Å². The van der Waals surface area contributed by atoms with Gasteiger partial charge in [-0.2, -0.15) is 15.0 Å². The highest BCUT2D eigenvalue weighted by molar-refractivity contribution is 5.90. The van der Waals surface area contributed by atoms with Crippen molar-refractivity contribution in [2.24, 2.45) is 5.41 Å². The van der Waals surface area contributed by atoms with Gasteiger partial charge in [0.25, 0.3) is 0 Å². The Balaban J connectivity index is 1.28. The van der Waals surface area contributed by atoms with Crippen LogP contribution in [0.15, 0.2) is 30.6 Å². The van der Waals surface area contributed by atoms with Crippen LogP contribution >= 0.6 is 0 Å². The smallest absolute Gasteiger partial charge is 0.414 e. The molecule has 3 aliphatic heterocycles. The van der Waals surface area contributed by atoms with Crippen LogP contribution in [0.25, 0.3) is 0 Å². The molecule has 1 aromatic carbocycles. The van der Waals surface area contributed by atoms with Crippen LogP contribution in [0.5, 0.6) is 0 Å². The summed E-state index contributed by atoms with van der Waals surface area (Å²) in [4.78, 5) is 17.1. The maximum Gasteiger partial charge on any atom is 0.414 e. The maximum atomic E-state index is 14.6. The first-order chi connectivity index (χ1) is 12.6. The quantitative estimate of drug-likeness (QED) is 0.819. The molecule has 0 radical (unpaired) electrons. The Morgan fingerprint density at radius 2 is 2.00 bits per heavy atom.